The quantitative estimate of drug-likeness (QED) is 0.576. The van der Waals surface area contributed by atoms with Crippen LogP contribution in [0.3, 0.4) is 0 Å². The zero-order valence-electron chi connectivity index (χ0n) is 18.7. The van der Waals surface area contributed by atoms with Crippen LogP contribution in [0, 0.1) is 18.7 Å². The number of aryl methyl sites for hydroxylation is 1. The molecule has 32 heavy (non-hydrogen) atoms. The molecule has 2 aliphatic rings. The smallest absolute Gasteiger partial charge is 0.255 e. The third-order valence-electron chi connectivity index (χ3n) is 6.38. The van der Waals surface area contributed by atoms with Crippen molar-refractivity contribution < 1.29 is 17.5 Å². The van der Waals surface area contributed by atoms with Gasteiger partial charge in [0, 0.05) is 43.2 Å². The third-order valence-corrected chi connectivity index (χ3v) is 7.11. The van der Waals surface area contributed by atoms with E-state index in [9.17, 15) is 13.2 Å². The van der Waals surface area contributed by atoms with E-state index in [0.717, 1.165) is 32.1 Å². The Morgan fingerprint density at radius 3 is 2.62 bits per heavy atom. The van der Waals surface area contributed by atoms with Crippen LogP contribution in [-0.4, -0.2) is 51.5 Å². The molecule has 0 amide bonds. The van der Waals surface area contributed by atoms with E-state index in [-0.39, 0.29) is 42.4 Å². The normalized spacial score (nSPS) is 20.2. The van der Waals surface area contributed by atoms with Crippen molar-refractivity contribution in [3.63, 3.8) is 0 Å². The molecule has 2 aromatic rings. The van der Waals surface area contributed by atoms with E-state index < -0.39 is 10.0 Å². The molecule has 0 spiro atoms. The maximum Gasteiger partial charge on any atom is 0.255 e. The van der Waals surface area contributed by atoms with Crippen molar-refractivity contribution in [1.29, 1.82) is 0 Å². The third kappa shape index (κ3) is 4.62. The van der Waals surface area contributed by atoms with Crippen molar-refractivity contribution in [1.82, 2.24) is 9.29 Å². The highest BCUT2D eigenvalue weighted by Gasteiger charge is 2.32. The molecule has 10 heteroatoms. The summed E-state index contributed by atoms with van der Waals surface area (Å²) in [5.41, 5.74) is 7.81. The number of hydrogen-bond donors (Lipinski definition) is 2. The molecule has 2 heterocycles. The lowest BCUT2D eigenvalue weighted by molar-refractivity contribution is 0.325. The molecule has 0 unspecified atom stereocenters. The van der Waals surface area contributed by atoms with Crippen LogP contribution in [-0.2, 0) is 10.0 Å². The number of nitrogens with zero attached hydrogens (tertiary/aromatic N) is 2. The van der Waals surface area contributed by atoms with Gasteiger partial charge in [-0.1, -0.05) is 0 Å². The van der Waals surface area contributed by atoms with Gasteiger partial charge in [-0.25, -0.2) is 17.5 Å². The van der Waals surface area contributed by atoms with Crippen LogP contribution < -0.4 is 25.7 Å². The Bertz CT molecular complexity index is 1190. The molecule has 1 aliphatic carbocycles. The average Bonchev–Trinajstić information content (AvgIpc) is 3.41. The van der Waals surface area contributed by atoms with Crippen molar-refractivity contribution >= 4 is 26.6 Å². The summed E-state index contributed by atoms with van der Waals surface area (Å²) in [5, 5.41) is 0.526. The first-order chi connectivity index (χ1) is 15.1. The number of anilines is 1. The number of ether oxygens (including phenoxy) is 1. The van der Waals surface area contributed by atoms with E-state index in [0.29, 0.717) is 34.6 Å². The molecule has 2 atom stereocenters. The molecule has 3 N–H and O–H groups in total. The highest BCUT2D eigenvalue weighted by atomic mass is 32.2. The van der Waals surface area contributed by atoms with Gasteiger partial charge in [0.25, 0.3) is 5.56 Å². The van der Waals surface area contributed by atoms with Gasteiger partial charge in [0.15, 0.2) is 0 Å². The molecule has 176 valence electrons. The molecule has 1 aliphatic heterocycles. The Labute approximate surface area is 187 Å². The number of nitrogens with one attached hydrogen (secondary N) is 1. The molecular weight excluding hydrogens is 435 g/mol. The molecular formula is C22H31FN4O4S. The van der Waals surface area contributed by atoms with Crippen molar-refractivity contribution in [2.75, 3.05) is 37.4 Å². The molecule has 1 saturated heterocycles. The van der Waals surface area contributed by atoms with Gasteiger partial charge in [-0.3, -0.25) is 4.79 Å². The summed E-state index contributed by atoms with van der Waals surface area (Å²) in [6.45, 7) is 5.31. The summed E-state index contributed by atoms with van der Waals surface area (Å²) >= 11 is 0. The summed E-state index contributed by atoms with van der Waals surface area (Å²) < 4.78 is 47.8. The SMILES string of the molecule is Cc1c(N2CC[C@@H]([C@H](C)N)C2)c(F)cc2c(OCCNS(C)(=O)=O)cc(=O)n(C3CC3)c12. The summed E-state index contributed by atoms with van der Waals surface area (Å²) in [6.07, 6.45) is 3.79. The van der Waals surface area contributed by atoms with Gasteiger partial charge in [0.2, 0.25) is 10.0 Å². The van der Waals surface area contributed by atoms with E-state index in [1.807, 2.05) is 18.7 Å². The fourth-order valence-corrected chi connectivity index (χ4v) is 5.09. The first kappa shape index (κ1) is 23.0. The largest absolute Gasteiger partial charge is 0.491 e. The van der Waals surface area contributed by atoms with Crippen LogP contribution in [0.2, 0.25) is 0 Å². The summed E-state index contributed by atoms with van der Waals surface area (Å²) in [6, 6.07) is 2.96. The number of rotatable bonds is 8. The highest BCUT2D eigenvalue weighted by Crippen LogP contribution is 2.42. The number of benzene rings is 1. The van der Waals surface area contributed by atoms with Gasteiger partial charge in [-0.05, 0) is 50.7 Å². The van der Waals surface area contributed by atoms with E-state index in [2.05, 4.69) is 4.72 Å². The predicted octanol–water partition coefficient (Wildman–Crippen LogP) is 1.89. The maximum absolute atomic E-state index is 15.4. The maximum atomic E-state index is 15.4. The first-order valence-corrected chi connectivity index (χ1v) is 12.9. The lowest BCUT2D eigenvalue weighted by Gasteiger charge is -2.25. The molecule has 4 rings (SSSR count). The van der Waals surface area contributed by atoms with Crippen LogP contribution in [0.5, 0.6) is 5.75 Å². The van der Waals surface area contributed by atoms with Gasteiger partial charge in [0.1, 0.15) is 18.2 Å². The minimum Gasteiger partial charge on any atom is -0.491 e. The van der Waals surface area contributed by atoms with Crippen LogP contribution in [0.15, 0.2) is 16.9 Å². The Kier molecular flexibility index (Phi) is 6.21. The summed E-state index contributed by atoms with van der Waals surface area (Å²) in [5.74, 6) is 0.202. The summed E-state index contributed by atoms with van der Waals surface area (Å²) in [7, 11) is -3.35. The average molecular weight is 467 g/mol. The van der Waals surface area contributed by atoms with E-state index >= 15 is 4.39 Å². The van der Waals surface area contributed by atoms with Crippen molar-refractivity contribution in [3.05, 3.63) is 33.9 Å². The van der Waals surface area contributed by atoms with Gasteiger partial charge in [-0.2, -0.15) is 0 Å². The van der Waals surface area contributed by atoms with E-state index in [1.165, 1.54) is 12.1 Å². The van der Waals surface area contributed by atoms with Gasteiger partial charge < -0.3 is 19.9 Å². The van der Waals surface area contributed by atoms with Crippen LogP contribution in [0.4, 0.5) is 10.1 Å². The molecule has 1 saturated carbocycles. The van der Waals surface area contributed by atoms with E-state index in [4.69, 9.17) is 10.5 Å². The molecule has 1 aromatic heterocycles. The summed E-state index contributed by atoms with van der Waals surface area (Å²) in [4.78, 5) is 15.0. The minimum absolute atomic E-state index is 0.0274. The molecule has 0 bridgehead atoms. The van der Waals surface area contributed by atoms with Gasteiger partial charge in [-0.15, -0.1) is 0 Å². The van der Waals surface area contributed by atoms with Gasteiger partial charge >= 0.3 is 0 Å². The molecule has 8 nitrogen and oxygen atoms in total. The van der Waals surface area contributed by atoms with Crippen LogP contribution in [0.25, 0.3) is 10.9 Å². The van der Waals surface area contributed by atoms with Crippen LogP contribution >= 0.6 is 0 Å². The van der Waals surface area contributed by atoms with E-state index in [1.54, 1.807) is 4.57 Å². The van der Waals surface area contributed by atoms with Crippen LogP contribution in [0.1, 0.15) is 37.8 Å². The Hall–Kier alpha value is -2.17. The Morgan fingerprint density at radius 2 is 2.03 bits per heavy atom. The second-order valence-electron chi connectivity index (χ2n) is 9.05. The number of pyridine rings is 1. The van der Waals surface area contributed by atoms with Gasteiger partial charge in [0.05, 0.1) is 17.5 Å². The zero-order chi connectivity index (χ0) is 23.2. The number of hydrogen-bond acceptors (Lipinski definition) is 6. The minimum atomic E-state index is -3.35. The lowest BCUT2D eigenvalue weighted by atomic mass is 10.0. The predicted molar refractivity (Wildman–Crippen MR) is 123 cm³/mol. The van der Waals surface area contributed by atoms with Crippen molar-refractivity contribution in [2.24, 2.45) is 11.7 Å². The second kappa shape index (κ2) is 8.64. The number of fused-ring (bicyclic) bond motifs is 1. The zero-order valence-corrected chi connectivity index (χ0v) is 19.5. The first-order valence-electron chi connectivity index (χ1n) is 11.0. The highest BCUT2D eigenvalue weighted by molar-refractivity contribution is 7.88. The number of halogens is 1. The molecule has 0 radical (unpaired) electrons. The fourth-order valence-electron chi connectivity index (χ4n) is 4.64. The molecule has 1 aromatic carbocycles. The Balaban J connectivity index is 1.76. The lowest BCUT2D eigenvalue weighted by Crippen LogP contribution is -2.30. The number of nitrogens with two attached hydrogens (primary N) is 1. The van der Waals surface area contributed by atoms with Crippen molar-refractivity contribution in [3.8, 4) is 5.75 Å². The monoisotopic (exact) mass is 466 g/mol. The molecule has 2 fully saturated rings. The Morgan fingerprint density at radius 1 is 1.31 bits per heavy atom. The fraction of sp³-hybridized carbons (Fsp3) is 0.591. The van der Waals surface area contributed by atoms with Crippen molar-refractivity contribution in [2.45, 2.75) is 45.2 Å². The topological polar surface area (TPSA) is 107 Å². The number of sulfonamides is 1. The number of aromatic nitrogens is 1. The second-order valence-corrected chi connectivity index (χ2v) is 10.9. The standard InChI is InChI=1S/C22H31FN4O4S/c1-13-21-17(10-18(23)22(13)26-8-6-15(12-26)14(2)24)19(31-9-7-25-32(3,29)30)11-20(28)27(21)16-4-5-16/h10-11,14-16,25H,4-9,12,24H2,1-3H3/t14-,15+/m0/s1.